The molecule has 0 aliphatic heterocycles. The van der Waals surface area contributed by atoms with Crippen molar-refractivity contribution in [3.05, 3.63) is 59.3 Å². The molecule has 2 nitrogen and oxygen atoms in total. The Morgan fingerprint density at radius 3 is 2.60 bits per heavy atom. The zero-order valence-electron chi connectivity index (χ0n) is 10.7. The van der Waals surface area contributed by atoms with Gasteiger partial charge in [0.15, 0.2) is 0 Å². The Morgan fingerprint density at radius 1 is 1.25 bits per heavy atom. The lowest BCUT2D eigenvalue weighted by atomic mass is 10.1. The van der Waals surface area contributed by atoms with E-state index in [1.54, 1.807) is 12.1 Å². The maximum Gasteiger partial charge on any atom is 0.416 e. The second-order valence-electron chi connectivity index (χ2n) is 4.46. The van der Waals surface area contributed by atoms with Gasteiger partial charge < -0.3 is 9.73 Å². The summed E-state index contributed by atoms with van der Waals surface area (Å²) in [7, 11) is 0. The van der Waals surface area contributed by atoms with Gasteiger partial charge in [-0.1, -0.05) is 0 Å². The first-order valence-corrected chi connectivity index (χ1v) is 5.99. The number of halogens is 4. The van der Waals surface area contributed by atoms with Crippen LogP contribution >= 0.6 is 0 Å². The van der Waals surface area contributed by atoms with Gasteiger partial charge in [0.2, 0.25) is 0 Å². The van der Waals surface area contributed by atoms with Gasteiger partial charge >= 0.3 is 6.18 Å². The Hall–Kier alpha value is -1.82. The predicted octanol–water partition coefficient (Wildman–Crippen LogP) is 4.29. The summed E-state index contributed by atoms with van der Waals surface area (Å²) in [6.45, 7) is 1.92. The summed E-state index contributed by atoms with van der Waals surface area (Å²) in [5.74, 6) is -0.236. The highest BCUT2D eigenvalue weighted by Gasteiger charge is 2.31. The van der Waals surface area contributed by atoms with Crippen LogP contribution in [0.2, 0.25) is 0 Å². The largest absolute Gasteiger partial charge is 0.468 e. The second kappa shape index (κ2) is 5.66. The molecule has 0 amide bonds. The third-order valence-electron chi connectivity index (χ3n) is 2.87. The molecule has 0 saturated heterocycles. The molecule has 1 atom stereocenters. The Balaban J connectivity index is 2.08. The van der Waals surface area contributed by atoms with E-state index in [4.69, 9.17) is 4.42 Å². The van der Waals surface area contributed by atoms with Crippen molar-refractivity contribution in [2.75, 3.05) is 0 Å². The summed E-state index contributed by atoms with van der Waals surface area (Å²) in [6, 6.07) is 5.80. The van der Waals surface area contributed by atoms with Crippen LogP contribution in [0, 0.1) is 5.82 Å². The first-order chi connectivity index (χ1) is 9.36. The minimum atomic E-state index is -4.55. The van der Waals surface area contributed by atoms with Crippen molar-refractivity contribution in [3.8, 4) is 0 Å². The molecule has 0 fully saturated rings. The monoisotopic (exact) mass is 287 g/mol. The number of hydrogen-bond acceptors (Lipinski definition) is 2. The van der Waals surface area contributed by atoms with Crippen LogP contribution < -0.4 is 5.32 Å². The summed E-state index contributed by atoms with van der Waals surface area (Å²) in [5, 5.41) is 2.98. The van der Waals surface area contributed by atoms with E-state index in [0.717, 1.165) is 12.1 Å². The number of furan rings is 1. The van der Waals surface area contributed by atoms with Crippen molar-refractivity contribution in [1.29, 1.82) is 0 Å². The summed E-state index contributed by atoms with van der Waals surface area (Å²) >= 11 is 0. The number of hydrogen-bond donors (Lipinski definition) is 1. The molecule has 2 rings (SSSR count). The van der Waals surface area contributed by atoms with Crippen LogP contribution in [0.5, 0.6) is 0 Å². The van der Waals surface area contributed by atoms with Gasteiger partial charge in [-0.25, -0.2) is 4.39 Å². The van der Waals surface area contributed by atoms with Crippen molar-refractivity contribution in [2.45, 2.75) is 25.7 Å². The van der Waals surface area contributed by atoms with Crippen molar-refractivity contribution < 1.29 is 22.0 Å². The molecule has 0 bridgehead atoms. The lowest BCUT2D eigenvalue weighted by molar-refractivity contribution is -0.137. The van der Waals surface area contributed by atoms with Gasteiger partial charge in [-0.15, -0.1) is 0 Å². The Labute approximate surface area is 113 Å². The Bertz CT molecular complexity index is 563. The molecule has 108 valence electrons. The van der Waals surface area contributed by atoms with E-state index in [-0.39, 0.29) is 18.2 Å². The molecule has 1 heterocycles. The lowest BCUT2D eigenvalue weighted by Gasteiger charge is -2.13. The number of rotatable bonds is 4. The quantitative estimate of drug-likeness (QED) is 0.849. The van der Waals surface area contributed by atoms with Crippen LogP contribution in [0.25, 0.3) is 0 Å². The fourth-order valence-corrected chi connectivity index (χ4v) is 1.83. The van der Waals surface area contributed by atoms with Crippen molar-refractivity contribution in [2.24, 2.45) is 0 Å². The van der Waals surface area contributed by atoms with E-state index in [0.29, 0.717) is 11.8 Å². The standard InChI is InChI=1S/C14H13F4NO/c1-9(13-3-2-4-20-13)19-8-10-5-11(14(16,17)18)7-12(15)6-10/h2-7,9,19H,8H2,1H3/t9-/m0/s1. The SMILES string of the molecule is C[C@H](NCc1cc(F)cc(C(F)(F)F)c1)c1ccco1. The molecule has 1 aromatic carbocycles. The molecule has 1 N–H and O–H groups in total. The van der Waals surface area contributed by atoms with Crippen molar-refractivity contribution in [1.82, 2.24) is 5.32 Å². The highest BCUT2D eigenvalue weighted by Crippen LogP contribution is 2.30. The van der Waals surface area contributed by atoms with Crippen molar-refractivity contribution >= 4 is 0 Å². The zero-order valence-corrected chi connectivity index (χ0v) is 10.7. The predicted molar refractivity (Wildman–Crippen MR) is 65.4 cm³/mol. The average Bonchev–Trinajstić information content (AvgIpc) is 2.88. The van der Waals surface area contributed by atoms with Gasteiger partial charge in [-0.3, -0.25) is 0 Å². The van der Waals surface area contributed by atoms with Crippen LogP contribution in [0.15, 0.2) is 41.0 Å². The van der Waals surface area contributed by atoms with E-state index < -0.39 is 17.6 Å². The fourth-order valence-electron chi connectivity index (χ4n) is 1.83. The van der Waals surface area contributed by atoms with Crippen LogP contribution in [-0.2, 0) is 12.7 Å². The second-order valence-corrected chi connectivity index (χ2v) is 4.46. The summed E-state index contributed by atoms with van der Waals surface area (Å²) in [5.41, 5.74) is -0.754. The van der Waals surface area contributed by atoms with Crippen LogP contribution in [0.3, 0.4) is 0 Å². The topological polar surface area (TPSA) is 25.2 Å². The van der Waals surface area contributed by atoms with E-state index >= 15 is 0 Å². The van der Waals surface area contributed by atoms with E-state index in [1.807, 2.05) is 6.92 Å². The zero-order chi connectivity index (χ0) is 14.8. The molecule has 0 unspecified atom stereocenters. The molecule has 6 heteroatoms. The smallest absolute Gasteiger partial charge is 0.416 e. The highest BCUT2D eigenvalue weighted by atomic mass is 19.4. The Morgan fingerprint density at radius 2 is 2.00 bits per heavy atom. The molecule has 20 heavy (non-hydrogen) atoms. The maximum absolute atomic E-state index is 13.2. The van der Waals surface area contributed by atoms with Gasteiger partial charge in [0.1, 0.15) is 11.6 Å². The first-order valence-electron chi connectivity index (χ1n) is 5.99. The van der Waals surface area contributed by atoms with E-state index in [2.05, 4.69) is 5.32 Å². The van der Waals surface area contributed by atoms with Gasteiger partial charge in [-0.05, 0) is 42.8 Å². The van der Waals surface area contributed by atoms with Gasteiger partial charge in [0, 0.05) is 6.54 Å². The van der Waals surface area contributed by atoms with Gasteiger partial charge in [0.05, 0.1) is 17.9 Å². The third kappa shape index (κ3) is 3.60. The lowest BCUT2D eigenvalue weighted by Crippen LogP contribution is -2.18. The Kier molecular flexibility index (Phi) is 4.13. The van der Waals surface area contributed by atoms with Gasteiger partial charge in [0.25, 0.3) is 0 Å². The fraction of sp³-hybridized carbons (Fsp3) is 0.286. The molecular weight excluding hydrogens is 274 g/mol. The molecular formula is C14H13F4NO. The molecule has 0 saturated carbocycles. The van der Waals surface area contributed by atoms with Crippen LogP contribution in [-0.4, -0.2) is 0 Å². The number of alkyl halides is 3. The maximum atomic E-state index is 13.2. The number of benzene rings is 1. The van der Waals surface area contributed by atoms with Crippen molar-refractivity contribution in [3.63, 3.8) is 0 Å². The van der Waals surface area contributed by atoms with Crippen LogP contribution in [0.1, 0.15) is 29.9 Å². The van der Waals surface area contributed by atoms with Crippen LogP contribution in [0.4, 0.5) is 17.6 Å². The molecule has 0 spiro atoms. The average molecular weight is 287 g/mol. The molecule has 2 aromatic rings. The minimum Gasteiger partial charge on any atom is -0.468 e. The molecule has 0 aliphatic carbocycles. The first kappa shape index (κ1) is 14.6. The third-order valence-corrected chi connectivity index (χ3v) is 2.87. The summed E-state index contributed by atoms with van der Waals surface area (Å²) in [6.07, 6.45) is -3.04. The molecule has 0 radical (unpaired) electrons. The van der Waals surface area contributed by atoms with E-state index in [9.17, 15) is 17.6 Å². The van der Waals surface area contributed by atoms with Gasteiger partial charge in [-0.2, -0.15) is 13.2 Å². The molecule has 1 aromatic heterocycles. The summed E-state index contributed by atoms with van der Waals surface area (Å²) in [4.78, 5) is 0. The number of nitrogens with one attached hydrogen (secondary N) is 1. The normalized spacial score (nSPS) is 13.4. The van der Waals surface area contributed by atoms with E-state index in [1.165, 1.54) is 6.26 Å². The minimum absolute atomic E-state index is 0.114. The molecule has 0 aliphatic rings. The highest BCUT2D eigenvalue weighted by molar-refractivity contribution is 5.27. The summed E-state index contributed by atoms with van der Waals surface area (Å²) < 4.78 is 56.1.